The number of benzene rings is 1. The van der Waals surface area contributed by atoms with Crippen molar-refractivity contribution in [2.24, 2.45) is 5.92 Å². The van der Waals surface area contributed by atoms with E-state index in [2.05, 4.69) is 0 Å². The van der Waals surface area contributed by atoms with Crippen LogP contribution in [0, 0.1) is 15.3 Å². The average Bonchev–Trinajstić information content (AvgIpc) is 3.08. The molecule has 0 bridgehead atoms. The first-order valence-electron chi connectivity index (χ1n) is 5.17. The minimum absolute atomic E-state index is 0.250. The van der Waals surface area contributed by atoms with Crippen LogP contribution in [-0.4, -0.2) is 13.1 Å². The Hall–Kier alpha value is -0.650. The van der Waals surface area contributed by atoms with E-state index >= 15 is 0 Å². The van der Waals surface area contributed by atoms with E-state index in [9.17, 15) is 9.18 Å². The lowest BCUT2D eigenvalue weighted by Crippen LogP contribution is -2.18. The Morgan fingerprint density at radius 1 is 1.56 bits per heavy atom. The third-order valence-electron chi connectivity index (χ3n) is 2.87. The van der Waals surface area contributed by atoms with E-state index in [0.717, 1.165) is 12.8 Å². The standard InChI is InChI=1S/C12H12FIO2/c1-16-12(15)10(7-5-6-7)8-3-2-4-9(14)11(8)13/h2-4,7,10H,5-6H2,1H3. The predicted molar refractivity (Wildman–Crippen MR) is 66.6 cm³/mol. The Balaban J connectivity index is 2.38. The van der Waals surface area contributed by atoms with Gasteiger partial charge in [0.05, 0.1) is 13.0 Å². The molecule has 0 saturated heterocycles. The predicted octanol–water partition coefficient (Wildman–Crippen LogP) is 3.10. The number of halogens is 2. The topological polar surface area (TPSA) is 26.3 Å². The Kier molecular flexibility index (Phi) is 3.47. The Bertz CT molecular complexity index is 415. The van der Waals surface area contributed by atoms with Crippen molar-refractivity contribution in [3.63, 3.8) is 0 Å². The van der Waals surface area contributed by atoms with Crippen LogP contribution in [0.3, 0.4) is 0 Å². The second kappa shape index (κ2) is 4.69. The number of carbonyl (C=O) groups is 1. The summed E-state index contributed by atoms with van der Waals surface area (Å²) >= 11 is 1.94. The molecule has 1 aliphatic rings. The summed E-state index contributed by atoms with van der Waals surface area (Å²) in [5, 5.41) is 0. The first-order chi connectivity index (χ1) is 7.65. The Morgan fingerprint density at radius 2 is 2.25 bits per heavy atom. The molecule has 0 amide bonds. The van der Waals surface area contributed by atoms with Crippen LogP contribution in [0.15, 0.2) is 18.2 Å². The summed E-state index contributed by atoms with van der Waals surface area (Å²) in [4.78, 5) is 11.7. The molecule has 0 N–H and O–H groups in total. The maximum Gasteiger partial charge on any atom is 0.313 e. The van der Waals surface area contributed by atoms with Crippen molar-refractivity contribution in [2.75, 3.05) is 7.11 Å². The van der Waals surface area contributed by atoms with E-state index in [4.69, 9.17) is 4.74 Å². The summed E-state index contributed by atoms with van der Waals surface area (Å²) in [5.41, 5.74) is 0.473. The summed E-state index contributed by atoms with van der Waals surface area (Å²) < 4.78 is 19.2. The molecule has 0 aromatic heterocycles. The lowest BCUT2D eigenvalue weighted by Gasteiger charge is -2.15. The van der Waals surface area contributed by atoms with Gasteiger partial charge in [0, 0.05) is 9.13 Å². The van der Waals surface area contributed by atoms with Crippen LogP contribution in [0.4, 0.5) is 4.39 Å². The van der Waals surface area contributed by atoms with Gasteiger partial charge in [-0.15, -0.1) is 0 Å². The van der Waals surface area contributed by atoms with Crippen LogP contribution in [-0.2, 0) is 9.53 Å². The molecule has 86 valence electrons. The van der Waals surface area contributed by atoms with E-state index in [-0.39, 0.29) is 17.7 Å². The number of methoxy groups -OCH3 is 1. The first-order valence-corrected chi connectivity index (χ1v) is 6.24. The summed E-state index contributed by atoms with van der Waals surface area (Å²) in [5.74, 6) is -0.798. The van der Waals surface area contributed by atoms with Gasteiger partial charge in [-0.2, -0.15) is 0 Å². The first kappa shape index (κ1) is 11.8. The van der Waals surface area contributed by atoms with E-state index < -0.39 is 5.92 Å². The number of ether oxygens (including phenoxy) is 1. The van der Waals surface area contributed by atoms with Gasteiger partial charge in [-0.25, -0.2) is 4.39 Å². The molecular weight excluding hydrogens is 322 g/mol. The SMILES string of the molecule is COC(=O)C(c1cccc(I)c1F)C1CC1. The largest absolute Gasteiger partial charge is 0.469 e. The van der Waals surface area contributed by atoms with E-state index in [0.29, 0.717) is 9.13 Å². The highest BCUT2D eigenvalue weighted by molar-refractivity contribution is 14.1. The van der Waals surface area contributed by atoms with Crippen molar-refractivity contribution in [2.45, 2.75) is 18.8 Å². The number of rotatable bonds is 3. The highest BCUT2D eigenvalue weighted by Crippen LogP contribution is 2.44. The van der Waals surface area contributed by atoms with Gasteiger partial charge in [-0.1, -0.05) is 12.1 Å². The van der Waals surface area contributed by atoms with Crippen LogP contribution in [0.2, 0.25) is 0 Å². The lowest BCUT2D eigenvalue weighted by molar-refractivity contribution is -0.143. The molecule has 1 unspecified atom stereocenters. The molecule has 1 aromatic carbocycles. The molecule has 1 saturated carbocycles. The highest BCUT2D eigenvalue weighted by atomic mass is 127. The number of esters is 1. The van der Waals surface area contributed by atoms with Gasteiger partial charge >= 0.3 is 5.97 Å². The van der Waals surface area contributed by atoms with Crippen molar-refractivity contribution in [1.29, 1.82) is 0 Å². The van der Waals surface area contributed by atoms with E-state index in [1.165, 1.54) is 7.11 Å². The van der Waals surface area contributed by atoms with Crippen molar-refractivity contribution in [3.8, 4) is 0 Å². The van der Waals surface area contributed by atoms with Crippen molar-refractivity contribution >= 4 is 28.6 Å². The second-order valence-electron chi connectivity index (χ2n) is 3.98. The van der Waals surface area contributed by atoms with Crippen LogP contribution >= 0.6 is 22.6 Å². The van der Waals surface area contributed by atoms with Gasteiger partial charge in [-0.3, -0.25) is 4.79 Å². The molecular formula is C12H12FIO2. The van der Waals surface area contributed by atoms with Crippen molar-refractivity contribution in [1.82, 2.24) is 0 Å². The fourth-order valence-electron chi connectivity index (χ4n) is 1.89. The van der Waals surface area contributed by atoms with Gasteiger partial charge in [0.2, 0.25) is 0 Å². The molecule has 1 aliphatic carbocycles. The third-order valence-corrected chi connectivity index (χ3v) is 3.70. The molecule has 0 aliphatic heterocycles. The number of hydrogen-bond donors (Lipinski definition) is 0. The maximum atomic E-state index is 13.9. The normalized spacial score (nSPS) is 16.9. The zero-order chi connectivity index (χ0) is 11.7. The van der Waals surface area contributed by atoms with Gasteiger partial charge in [0.15, 0.2) is 0 Å². The van der Waals surface area contributed by atoms with E-state index in [1.54, 1.807) is 18.2 Å². The molecule has 0 radical (unpaired) electrons. The third kappa shape index (κ3) is 2.21. The minimum atomic E-state index is -0.431. The van der Waals surface area contributed by atoms with Gasteiger partial charge in [0.25, 0.3) is 0 Å². The molecule has 4 heteroatoms. The second-order valence-corrected chi connectivity index (χ2v) is 5.14. The molecule has 1 atom stereocenters. The van der Waals surface area contributed by atoms with Crippen LogP contribution < -0.4 is 0 Å². The molecule has 1 aromatic rings. The number of carbonyl (C=O) groups excluding carboxylic acids is 1. The summed E-state index contributed by atoms with van der Waals surface area (Å²) in [7, 11) is 1.35. The Labute approximate surface area is 107 Å². The molecule has 0 spiro atoms. The molecule has 2 rings (SSSR count). The van der Waals surface area contributed by atoms with Crippen molar-refractivity contribution in [3.05, 3.63) is 33.1 Å². The lowest BCUT2D eigenvalue weighted by atomic mass is 9.94. The smallest absolute Gasteiger partial charge is 0.313 e. The molecule has 1 fully saturated rings. The van der Waals surface area contributed by atoms with E-state index in [1.807, 2.05) is 22.6 Å². The van der Waals surface area contributed by atoms with Gasteiger partial charge in [-0.05, 0) is 47.4 Å². The fourth-order valence-corrected chi connectivity index (χ4v) is 2.41. The zero-order valence-corrected chi connectivity index (χ0v) is 11.0. The van der Waals surface area contributed by atoms with Crippen LogP contribution in [0.1, 0.15) is 24.3 Å². The minimum Gasteiger partial charge on any atom is -0.469 e. The summed E-state index contributed by atoms with van der Waals surface area (Å²) in [6.45, 7) is 0. The zero-order valence-electron chi connectivity index (χ0n) is 8.87. The number of hydrogen-bond acceptors (Lipinski definition) is 2. The maximum absolute atomic E-state index is 13.9. The quantitative estimate of drug-likeness (QED) is 0.627. The van der Waals surface area contributed by atoms with Gasteiger partial charge < -0.3 is 4.74 Å². The van der Waals surface area contributed by atoms with Crippen LogP contribution in [0.25, 0.3) is 0 Å². The van der Waals surface area contributed by atoms with Crippen molar-refractivity contribution < 1.29 is 13.9 Å². The fraction of sp³-hybridized carbons (Fsp3) is 0.417. The molecule has 2 nitrogen and oxygen atoms in total. The van der Waals surface area contributed by atoms with Crippen LogP contribution in [0.5, 0.6) is 0 Å². The summed E-state index contributed by atoms with van der Waals surface area (Å²) in [6.07, 6.45) is 1.95. The molecule has 0 heterocycles. The monoisotopic (exact) mass is 334 g/mol. The Morgan fingerprint density at radius 3 is 2.81 bits per heavy atom. The molecule has 16 heavy (non-hydrogen) atoms. The average molecular weight is 334 g/mol. The summed E-state index contributed by atoms with van der Waals surface area (Å²) in [6, 6.07) is 5.15. The van der Waals surface area contributed by atoms with Gasteiger partial charge in [0.1, 0.15) is 5.82 Å². The highest BCUT2D eigenvalue weighted by Gasteiger charge is 2.39.